The number of ether oxygens (including phenoxy) is 1. The van der Waals surface area contributed by atoms with Crippen LogP contribution in [0.5, 0.6) is 11.5 Å². The summed E-state index contributed by atoms with van der Waals surface area (Å²) in [6.07, 6.45) is -0.536. The van der Waals surface area contributed by atoms with Gasteiger partial charge in [-0.25, -0.2) is 4.79 Å². The van der Waals surface area contributed by atoms with Gasteiger partial charge in [0.1, 0.15) is 11.5 Å². The first-order chi connectivity index (χ1) is 14.4. The molecule has 0 aliphatic heterocycles. The Labute approximate surface area is 175 Å². The number of benzene rings is 4. The summed E-state index contributed by atoms with van der Waals surface area (Å²) in [6.45, 7) is 4.19. The predicted octanol–water partition coefficient (Wildman–Crippen LogP) is 6.48. The number of fused-ring (bicyclic) bond motifs is 1. The minimum atomic E-state index is -0.536. The van der Waals surface area contributed by atoms with Crippen LogP contribution in [0.4, 0.5) is 10.5 Å². The zero-order valence-electron chi connectivity index (χ0n) is 16.9. The second kappa shape index (κ2) is 7.91. The van der Waals surface area contributed by atoms with Crippen LogP contribution in [0, 0.1) is 0 Å². The lowest BCUT2D eigenvalue weighted by Gasteiger charge is -2.26. The first kappa shape index (κ1) is 19.5. The van der Waals surface area contributed by atoms with Crippen LogP contribution >= 0.6 is 0 Å². The van der Waals surface area contributed by atoms with Crippen molar-refractivity contribution < 1.29 is 14.6 Å². The minimum Gasteiger partial charge on any atom is -0.508 e. The van der Waals surface area contributed by atoms with E-state index in [0.29, 0.717) is 11.4 Å². The van der Waals surface area contributed by atoms with Gasteiger partial charge in [0.05, 0.1) is 0 Å². The highest BCUT2D eigenvalue weighted by atomic mass is 16.6. The summed E-state index contributed by atoms with van der Waals surface area (Å²) in [7, 11) is 0. The van der Waals surface area contributed by atoms with Crippen molar-refractivity contribution in [3.8, 4) is 11.5 Å². The van der Waals surface area contributed by atoms with Gasteiger partial charge in [-0.3, -0.25) is 5.32 Å². The smallest absolute Gasteiger partial charge is 0.417 e. The maximum atomic E-state index is 12.4. The van der Waals surface area contributed by atoms with E-state index in [0.717, 1.165) is 21.9 Å². The molecule has 0 unspecified atom stereocenters. The molecule has 0 atom stereocenters. The van der Waals surface area contributed by atoms with Gasteiger partial charge in [-0.1, -0.05) is 74.5 Å². The highest BCUT2D eigenvalue weighted by Gasteiger charge is 2.23. The molecule has 0 radical (unpaired) electrons. The highest BCUT2D eigenvalue weighted by Crippen LogP contribution is 2.33. The summed E-state index contributed by atoms with van der Waals surface area (Å²) in [5.41, 5.74) is 2.44. The molecular formula is C26H23NO3. The summed E-state index contributed by atoms with van der Waals surface area (Å²) >= 11 is 0. The van der Waals surface area contributed by atoms with Gasteiger partial charge in [-0.05, 0) is 46.8 Å². The molecule has 4 aromatic carbocycles. The van der Waals surface area contributed by atoms with Crippen molar-refractivity contribution in [2.45, 2.75) is 19.3 Å². The number of anilines is 1. The average Bonchev–Trinajstić information content (AvgIpc) is 2.74. The van der Waals surface area contributed by atoms with Crippen molar-refractivity contribution in [3.63, 3.8) is 0 Å². The molecule has 0 aliphatic carbocycles. The molecule has 150 valence electrons. The molecule has 1 amide bonds. The number of nitrogens with one attached hydrogen (secondary N) is 1. The van der Waals surface area contributed by atoms with Crippen molar-refractivity contribution >= 4 is 22.6 Å². The summed E-state index contributed by atoms with van der Waals surface area (Å²) in [5.74, 6) is 0.766. The molecule has 0 bridgehead atoms. The summed E-state index contributed by atoms with van der Waals surface area (Å²) in [5, 5.41) is 14.5. The van der Waals surface area contributed by atoms with E-state index in [9.17, 15) is 9.90 Å². The fourth-order valence-corrected chi connectivity index (χ4v) is 3.56. The van der Waals surface area contributed by atoms with E-state index in [-0.39, 0.29) is 11.2 Å². The minimum absolute atomic E-state index is 0.245. The normalized spacial score (nSPS) is 11.3. The molecule has 4 rings (SSSR count). The molecule has 0 spiro atoms. The zero-order chi connectivity index (χ0) is 21.1. The van der Waals surface area contributed by atoms with Crippen molar-refractivity contribution in [3.05, 3.63) is 102 Å². The molecule has 2 N–H and O–H groups in total. The number of amides is 1. The van der Waals surface area contributed by atoms with Gasteiger partial charge < -0.3 is 9.84 Å². The van der Waals surface area contributed by atoms with Crippen LogP contribution < -0.4 is 10.1 Å². The van der Waals surface area contributed by atoms with E-state index >= 15 is 0 Å². The van der Waals surface area contributed by atoms with Crippen LogP contribution in [-0.4, -0.2) is 11.2 Å². The molecule has 4 aromatic rings. The SMILES string of the molecule is CC(C)(c1ccc(NC(=O)Oc2cccc3ccccc23)cc1)c1cccc(O)c1. The molecule has 0 aliphatic rings. The van der Waals surface area contributed by atoms with Crippen LogP contribution in [-0.2, 0) is 5.41 Å². The molecule has 30 heavy (non-hydrogen) atoms. The highest BCUT2D eigenvalue weighted by molar-refractivity contribution is 5.93. The number of phenols is 1. The monoisotopic (exact) mass is 397 g/mol. The Morgan fingerprint density at radius 1 is 0.833 bits per heavy atom. The van der Waals surface area contributed by atoms with E-state index in [2.05, 4.69) is 19.2 Å². The van der Waals surface area contributed by atoms with E-state index in [1.54, 1.807) is 18.2 Å². The molecular weight excluding hydrogens is 374 g/mol. The maximum Gasteiger partial charge on any atom is 0.417 e. The molecule has 4 nitrogen and oxygen atoms in total. The Bertz CT molecular complexity index is 1190. The largest absolute Gasteiger partial charge is 0.508 e. The lowest BCUT2D eigenvalue weighted by atomic mass is 9.78. The molecule has 0 fully saturated rings. The first-order valence-corrected chi connectivity index (χ1v) is 9.80. The zero-order valence-corrected chi connectivity index (χ0v) is 16.9. The second-order valence-electron chi connectivity index (χ2n) is 7.74. The van der Waals surface area contributed by atoms with Gasteiger partial charge in [0, 0.05) is 16.5 Å². The number of hydrogen-bond acceptors (Lipinski definition) is 3. The quantitative estimate of drug-likeness (QED) is 0.414. The number of aromatic hydroxyl groups is 1. The van der Waals surface area contributed by atoms with Crippen LogP contribution in [0.2, 0.25) is 0 Å². The third-order valence-electron chi connectivity index (χ3n) is 5.37. The number of carbonyl (C=O) groups excluding carboxylic acids is 1. The summed E-state index contributed by atoms with van der Waals surface area (Å²) in [4.78, 5) is 12.4. The van der Waals surface area contributed by atoms with Gasteiger partial charge in [0.25, 0.3) is 0 Å². The fourth-order valence-electron chi connectivity index (χ4n) is 3.56. The third-order valence-corrected chi connectivity index (χ3v) is 5.37. The van der Waals surface area contributed by atoms with Crippen molar-refractivity contribution in [1.29, 1.82) is 0 Å². The number of hydrogen-bond donors (Lipinski definition) is 2. The third kappa shape index (κ3) is 3.98. The first-order valence-electron chi connectivity index (χ1n) is 9.80. The Morgan fingerprint density at radius 3 is 2.30 bits per heavy atom. The van der Waals surface area contributed by atoms with Crippen LogP contribution in [0.3, 0.4) is 0 Å². The van der Waals surface area contributed by atoms with Crippen LogP contribution in [0.25, 0.3) is 10.8 Å². The molecule has 0 heterocycles. The standard InChI is InChI=1S/C26H23NO3/c1-26(2,20-9-6-10-22(28)17-20)19-13-15-21(16-14-19)27-25(29)30-24-12-5-8-18-7-3-4-11-23(18)24/h3-17,28H,1-2H3,(H,27,29). The van der Waals surface area contributed by atoms with Gasteiger partial charge in [0.15, 0.2) is 0 Å². The molecule has 4 heteroatoms. The number of rotatable bonds is 4. The Hall–Kier alpha value is -3.79. The van der Waals surface area contributed by atoms with E-state index in [1.807, 2.05) is 72.8 Å². The Kier molecular flexibility index (Phi) is 5.15. The van der Waals surface area contributed by atoms with Gasteiger partial charge in [0.2, 0.25) is 0 Å². The molecule has 0 aromatic heterocycles. The number of phenolic OH excluding ortho intramolecular Hbond substituents is 1. The van der Waals surface area contributed by atoms with Crippen LogP contribution in [0.1, 0.15) is 25.0 Å². The fraction of sp³-hybridized carbons (Fsp3) is 0.115. The number of carbonyl (C=O) groups is 1. The van der Waals surface area contributed by atoms with E-state index < -0.39 is 6.09 Å². The van der Waals surface area contributed by atoms with E-state index in [1.165, 1.54) is 0 Å². The summed E-state index contributed by atoms with van der Waals surface area (Å²) in [6, 6.07) is 28.3. The average molecular weight is 397 g/mol. The van der Waals surface area contributed by atoms with E-state index in [4.69, 9.17) is 4.74 Å². The predicted molar refractivity (Wildman–Crippen MR) is 120 cm³/mol. The molecule has 0 saturated heterocycles. The summed E-state index contributed by atoms with van der Waals surface area (Å²) < 4.78 is 5.53. The Balaban J connectivity index is 1.48. The second-order valence-corrected chi connectivity index (χ2v) is 7.74. The van der Waals surface area contributed by atoms with Crippen LogP contribution in [0.15, 0.2) is 91.0 Å². The van der Waals surface area contributed by atoms with Crippen molar-refractivity contribution in [1.82, 2.24) is 0 Å². The van der Waals surface area contributed by atoms with Crippen molar-refractivity contribution in [2.75, 3.05) is 5.32 Å². The lowest BCUT2D eigenvalue weighted by Crippen LogP contribution is -2.19. The topological polar surface area (TPSA) is 58.6 Å². The Morgan fingerprint density at radius 2 is 1.53 bits per heavy atom. The lowest BCUT2D eigenvalue weighted by molar-refractivity contribution is 0.215. The van der Waals surface area contributed by atoms with Gasteiger partial charge in [-0.2, -0.15) is 0 Å². The maximum absolute atomic E-state index is 12.4. The van der Waals surface area contributed by atoms with Gasteiger partial charge in [-0.15, -0.1) is 0 Å². The van der Waals surface area contributed by atoms with Gasteiger partial charge >= 0.3 is 6.09 Å². The molecule has 0 saturated carbocycles. The van der Waals surface area contributed by atoms with Crippen molar-refractivity contribution in [2.24, 2.45) is 0 Å².